The maximum absolute atomic E-state index is 12.1. The molecule has 0 fully saturated rings. The molecule has 1 amide bonds. The van der Waals surface area contributed by atoms with Crippen LogP contribution in [0.3, 0.4) is 0 Å². The lowest BCUT2D eigenvalue weighted by Crippen LogP contribution is -2.26. The predicted molar refractivity (Wildman–Crippen MR) is 73.1 cm³/mol. The summed E-state index contributed by atoms with van der Waals surface area (Å²) in [4.78, 5) is 12.1. The maximum atomic E-state index is 12.1. The third kappa shape index (κ3) is 2.19. The van der Waals surface area contributed by atoms with Gasteiger partial charge >= 0.3 is 0 Å². The lowest BCUT2D eigenvalue weighted by Gasteiger charge is -2.13. The van der Waals surface area contributed by atoms with Crippen molar-refractivity contribution < 1.29 is 9.21 Å². The monoisotopic (exact) mass is 276 g/mol. The molecule has 0 saturated heterocycles. The number of nitrogens with two attached hydrogens (primary N) is 1. The van der Waals surface area contributed by atoms with Crippen molar-refractivity contribution in [2.24, 2.45) is 0 Å². The minimum Gasteiger partial charge on any atom is -0.452 e. The smallest absolute Gasteiger partial charge is 0.256 e. The zero-order valence-corrected chi connectivity index (χ0v) is 10.9. The Morgan fingerprint density at radius 3 is 3.00 bits per heavy atom. The Morgan fingerprint density at radius 2 is 2.26 bits per heavy atom. The van der Waals surface area contributed by atoms with Crippen LogP contribution < -0.4 is 11.1 Å². The number of carbonyl (C=O) groups excluding carboxylic acids is 1. The van der Waals surface area contributed by atoms with Crippen LogP contribution in [0.5, 0.6) is 0 Å². The second-order valence-electron chi connectivity index (χ2n) is 4.63. The van der Waals surface area contributed by atoms with E-state index in [1.54, 1.807) is 6.07 Å². The van der Waals surface area contributed by atoms with Crippen molar-refractivity contribution in [1.29, 1.82) is 0 Å². The molecule has 1 heterocycles. The highest BCUT2D eigenvalue weighted by Gasteiger charge is 2.25. The summed E-state index contributed by atoms with van der Waals surface area (Å²) >= 11 is 5.80. The van der Waals surface area contributed by atoms with E-state index in [-0.39, 0.29) is 17.2 Å². The van der Waals surface area contributed by atoms with E-state index in [9.17, 15) is 4.79 Å². The number of hydrogen-bond acceptors (Lipinski definition) is 3. The van der Waals surface area contributed by atoms with E-state index in [0.717, 1.165) is 24.1 Å². The molecular formula is C14H13ClN2O2. The first kappa shape index (κ1) is 12.1. The fourth-order valence-electron chi connectivity index (χ4n) is 2.48. The van der Waals surface area contributed by atoms with Gasteiger partial charge in [-0.25, -0.2) is 0 Å². The third-order valence-corrected chi connectivity index (χ3v) is 3.71. The highest BCUT2D eigenvalue weighted by atomic mass is 35.5. The predicted octanol–water partition coefficient (Wildman–Crippen LogP) is 2.93. The van der Waals surface area contributed by atoms with E-state index in [1.165, 1.54) is 11.8 Å². The van der Waals surface area contributed by atoms with Crippen molar-refractivity contribution in [3.05, 3.63) is 52.4 Å². The second kappa shape index (κ2) is 4.63. The summed E-state index contributed by atoms with van der Waals surface area (Å²) in [6.07, 6.45) is 3.20. The molecule has 1 aliphatic carbocycles. The molecular weight excluding hydrogens is 264 g/mol. The van der Waals surface area contributed by atoms with Crippen LogP contribution in [-0.4, -0.2) is 5.91 Å². The van der Waals surface area contributed by atoms with Gasteiger partial charge in [0.05, 0.1) is 17.9 Å². The van der Waals surface area contributed by atoms with E-state index >= 15 is 0 Å². The summed E-state index contributed by atoms with van der Waals surface area (Å²) in [5, 5.41) is 3.09. The molecule has 3 rings (SSSR count). The van der Waals surface area contributed by atoms with Crippen LogP contribution in [0.25, 0.3) is 0 Å². The van der Waals surface area contributed by atoms with Gasteiger partial charge < -0.3 is 15.5 Å². The highest BCUT2D eigenvalue weighted by Crippen LogP contribution is 2.32. The summed E-state index contributed by atoms with van der Waals surface area (Å²) in [7, 11) is 0. The number of fused-ring (bicyclic) bond motifs is 1. The molecule has 1 unspecified atom stereocenters. The van der Waals surface area contributed by atoms with Gasteiger partial charge in [-0.1, -0.05) is 6.07 Å². The van der Waals surface area contributed by atoms with Crippen LogP contribution in [0.2, 0.25) is 5.22 Å². The number of carbonyl (C=O) groups is 1. The number of halogens is 1. The molecule has 0 aliphatic heterocycles. The van der Waals surface area contributed by atoms with Gasteiger partial charge in [0.15, 0.2) is 0 Å². The molecule has 3 N–H and O–H groups in total. The molecule has 98 valence electrons. The summed E-state index contributed by atoms with van der Waals surface area (Å²) in [6, 6.07) is 7.37. The van der Waals surface area contributed by atoms with Crippen molar-refractivity contribution in [3.8, 4) is 0 Å². The molecule has 0 radical (unpaired) electrons. The molecule has 4 nitrogen and oxygen atoms in total. The third-order valence-electron chi connectivity index (χ3n) is 3.41. The lowest BCUT2D eigenvalue weighted by molar-refractivity contribution is 0.0936. The number of benzene rings is 1. The molecule has 1 aromatic carbocycles. The number of aryl methyl sites for hydroxylation is 1. The van der Waals surface area contributed by atoms with Crippen LogP contribution >= 0.6 is 11.6 Å². The lowest BCUT2D eigenvalue weighted by atomic mass is 10.1. The molecule has 5 heteroatoms. The van der Waals surface area contributed by atoms with Gasteiger partial charge in [-0.15, -0.1) is 0 Å². The largest absolute Gasteiger partial charge is 0.452 e. The van der Waals surface area contributed by atoms with Crippen LogP contribution in [-0.2, 0) is 6.42 Å². The molecule has 1 aromatic heterocycles. The van der Waals surface area contributed by atoms with Crippen molar-refractivity contribution >= 4 is 23.2 Å². The Bertz CT molecular complexity index is 636. The summed E-state index contributed by atoms with van der Waals surface area (Å²) in [5.41, 5.74) is 9.20. The van der Waals surface area contributed by atoms with Gasteiger partial charge in [0.25, 0.3) is 5.91 Å². The van der Waals surface area contributed by atoms with Crippen molar-refractivity contribution in [2.75, 3.05) is 5.73 Å². The van der Waals surface area contributed by atoms with E-state index in [0.29, 0.717) is 5.56 Å². The molecule has 1 atom stereocenters. The number of furan rings is 1. The average molecular weight is 277 g/mol. The first-order valence-electron chi connectivity index (χ1n) is 6.07. The Balaban J connectivity index is 1.80. The Labute approximate surface area is 115 Å². The number of rotatable bonds is 2. The van der Waals surface area contributed by atoms with Gasteiger partial charge in [-0.05, 0) is 53.8 Å². The standard InChI is InChI=1S/C14H13ClN2O2/c15-13-11(5-6-19-13)14(18)17-12-4-1-8-7-9(16)2-3-10(8)12/h2-3,5-7,12H,1,4,16H2,(H,17,18). The summed E-state index contributed by atoms with van der Waals surface area (Å²) in [5.74, 6) is -0.214. The van der Waals surface area contributed by atoms with Crippen molar-refractivity contribution in [1.82, 2.24) is 5.32 Å². The molecule has 0 saturated carbocycles. The van der Waals surface area contributed by atoms with Crippen LogP contribution in [0.1, 0.15) is 33.9 Å². The van der Waals surface area contributed by atoms with Crippen LogP contribution in [0.4, 0.5) is 5.69 Å². The number of nitrogen functional groups attached to an aromatic ring is 1. The van der Waals surface area contributed by atoms with Gasteiger partial charge in [-0.2, -0.15) is 0 Å². The Hall–Kier alpha value is -1.94. The normalized spacial score (nSPS) is 17.2. The highest BCUT2D eigenvalue weighted by molar-refractivity contribution is 6.32. The van der Waals surface area contributed by atoms with Gasteiger partial charge in [0.1, 0.15) is 0 Å². The van der Waals surface area contributed by atoms with E-state index in [2.05, 4.69) is 5.32 Å². The number of amides is 1. The fourth-order valence-corrected chi connectivity index (χ4v) is 2.68. The maximum Gasteiger partial charge on any atom is 0.256 e. The van der Waals surface area contributed by atoms with Gasteiger partial charge in [0.2, 0.25) is 5.22 Å². The first-order valence-corrected chi connectivity index (χ1v) is 6.45. The number of anilines is 1. The van der Waals surface area contributed by atoms with Crippen molar-refractivity contribution in [3.63, 3.8) is 0 Å². The quantitative estimate of drug-likeness (QED) is 0.829. The number of nitrogens with one attached hydrogen (secondary N) is 1. The summed E-state index contributed by atoms with van der Waals surface area (Å²) in [6.45, 7) is 0. The van der Waals surface area contributed by atoms with Gasteiger partial charge in [0, 0.05) is 5.69 Å². The molecule has 0 bridgehead atoms. The van der Waals surface area contributed by atoms with Crippen molar-refractivity contribution in [2.45, 2.75) is 18.9 Å². The van der Waals surface area contributed by atoms with E-state index < -0.39 is 0 Å². The molecule has 1 aliphatic rings. The van der Waals surface area contributed by atoms with Gasteiger partial charge in [-0.3, -0.25) is 4.79 Å². The molecule has 0 spiro atoms. The van der Waals surface area contributed by atoms with E-state index in [4.69, 9.17) is 21.8 Å². The minimum absolute atomic E-state index is 0.00840. The summed E-state index contributed by atoms with van der Waals surface area (Å²) < 4.78 is 4.92. The Kier molecular flexibility index (Phi) is 2.95. The molecule has 19 heavy (non-hydrogen) atoms. The SMILES string of the molecule is Nc1ccc2c(c1)CCC2NC(=O)c1ccoc1Cl. The van der Waals surface area contributed by atoms with E-state index in [1.807, 2.05) is 18.2 Å². The topological polar surface area (TPSA) is 68.3 Å². The minimum atomic E-state index is -0.214. The second-order valence-corrected chi connectivity index (χ2v) is 4.97. The fraction of sp³-hybridized carbons (Fsp3) is 0.214. The zero-order chi connectivity index (χ0) is 13.4. The van der Waals surface area contributed by atoms with Crippen LogP contribution in [0, 0.1) is 0 Å². The van der Waals surface area contributed by atoms with Crippen LogP contribution in [0.15, 0.2) is 34.9 Å². The average Bonchev–Trinajstić information content (AvgIpc) is 2.96. The Morgan fingerprint density at radius 1 is 1.42 bits per heavy atom. The molecule has 2 aromatic rings. The number of hydrogen-bond donors (Lipinski definition) is 2. The first-order chi connectivity index (χ1) is 9.15. The zero-order valence-electron chi connectivity index (χ0n) is 10.2.